The fourth-order valence-corrected chi connectivity index (χ4v) is 2.78. The number of halogens is 1. The standard InChI is InChI=1S/C14H18BrNO5S/c1-14(2,3)21-13(18)16-10-6-5-9(11(17)8-15)7-12(10)22(4,19)20/h5-7H,8H2,1-4H3,(H,16,18). The van der Waals surface area contributed by atoms with E-state index in [0.29, 0.717) is 0 Å². The van der Waals surface area contributed by atoms with Crippen LogP contribution in [0.4, 0.5) is 10.5 Å². The van der Waals surface area contributed by atoms with E-state index in [4.69, 9.17) is 4.74 Å². The number of sulfone groups is 1. The zero-order valence-electron chi connectivity index (χ0n) is 12.8. The first-order valence-electron chi connectivity index (χ1n) is 6.37. The highest BCUT2D eigenvalue weighted by Crippen LogP contribution is 2.24. The number of ketones is 1. The van der Waals surface area contributed by atoms with Crippen molar-refractivity contribution in [3.8, 4) is 0 Å². The molecule has 0 aliphatic heterocycles. The van der Waals surface area contributed by atoms with Crippen LogP contribution in [-0.4, -0.2) is 37.5 Å². The van der Waals surface area contributed by atoms with Crippen LogP contribution in [0.3, 0.4) is 0 Å². The lowest BCUT2D eigenvalue weighted by Gasteiger charge is -2.20. The van der Waals surface area contributed by atoms with E-state index in [0.717, 1.165) is 6.26 Å². The molecular formula is C14H18BrNO5S. The predicted molar refractivity (Wildman–Crippen MR) is 87.5 cm³/mol. The van der Waals surface area contributed by atoms with Gasteiger partial charge in [0.1, 0.15) is 5.60 Å². The molecule has 22 heavy (non-hydrogen) atoms. The van der Waals surface area contributed by atoms with E-state index < -0.39 is 21.5 Å². The van der Waals surface area contributed by atoms with E-state index in [1.165, 1.54) is 18.2 Å². The van der Waals surface area contributed by atoms with Crippen LogP contribution in [0.25, 0.3) is 0 Å². The number of carbonyl (C=O) groups excluding carboxylic acids is 2. The quantitative estimate of drug-likeness (QED) is 0.629. The van der Waals surface area contributed by atoms with E-state index in [2.05, 4.69) is 21.2 Å². The Balaban J connectivity index is 3.20. The molecule has 1 amide bonds. The van der Waals surface area contributed by atoms with Crippen LogP contribution in [0.15, 0.2) is 23.1 Å². The summed E-state index contributed by atoms with van der Waals surface area (Å²) in [5, 5.41) is 2.47. The molecule has 1 rings (SSSR count). The van der Waals surface area contributed by atoms with Crippen molar-refractivity contribution in [1.29, 1.82) is 0 Å². The zero-order chi connectivity index (χ0) is 17.1. The molecule has 0 radical (unpaired) electrons. The molecule has 0 aromatic heterocycles. The number of anilines is 1. The van der Waals surface area contributed by atoms with Crippen LogP contribution in [0.2, 0.25) is 0 Å². The first kappa shape index (κ1) is 18.6. The molecule has 0 fully saturated rings. The van der Waals surface area contributed by atoms with Crippen LogP contribution in [0, 0.1) is 0 Å². The summed E-state index contributed by atoms with van der Waals surface area (Å²) in [6, 6.07) is 4.06. The van der Waals surface area contributed by atoms with E-state index in [9.17, 15) is 18.0 Å². The average molecular weight is 392 g/mol. The Hall–Kier alpha value is -1.41. The van der Waals surface area contributed by atoms with Crippen LogP contribution >= 0.6 is 15.9 Å². The molecule has 0 aliphatic carbocycles. The minimum absolute atomic E-state index is 0.0721. The lowest BCUT2D eigenvalue weighted by atomic mass is 10.1. The normalized spacial score (nSPS) is 11.9. The molecule has 6 nitrogen and oxygen atoms in total. The van der Waals surface area contributed by atoms with Crippen molar-refractivity contribution in [3.63, 3.8) is 0 Å². The first-order chi connectivity index (χ1) is 9.94. The highest BCUT2D eigenvalue weighted by molar-refractivity contribution is 9.09. The van der Waals surface area contributed by atoms with Gasteiger partial charge < -0.3 is 4.74 Å². The first-order valence-corrected chi connectivity index (χ1v) is 9.38. The van der Waals surface area contributed by atoms with Crippen molar-refractivity contribution in [3.05, 3.63) is 23.8 Å². The molecule has 0 bridgehead atoms. The summed E-state index contributed by atoms with van der Waals surface area (Å²) in [5.41, 5.74) is -0.392. The number of hydrogen-bond acceptors (Lipinski definition) is 5. The number of Topliss-reactive ketones (excluding diaryl/α,β-unsaturated/α-hetero) is 1. The van der Waals surface area contributed by atoms with Crippen LogP contribution < -0.4 is 5.32 Å². The Morgan fingerprint density at radius 1 is 1.27 bits per heavy atom. The van der Waals surface area contributed by atoms with Crippen molar-refractivity contribution in [2.75, 3.05) is 16.9 Å². The van der Waals surface area contributed by atoms with Gasteiger partial charge in [-0.15, -0.1) is 0 Å². The number of hydrogen-bond donors (Lipinski definition) is 1. The maximum Gasteiger partial charge on any atom is 0.412 e. The summed E-state index contributed by atoms with van der Waals surface area (Å²) >= 11 is 3.03. The second-order valence-electron chi connectivity index (χ2n) is 5.67. The van der Waals surface area contributed by atoms with Gasteiger partial charge in [-0.2, -0.15) is 0 Å². The largest absolute Gasteiger partial charge is 0.444 e. The summed E-state index contributed by atoms with van der Waals surface area (Å²) in [6.45, 7) is 5.09. The summed E-state index contributed by atoms with van der Waals surface area (Å²) in [7, 11) is -3.62. The number of benzene rings is 1. The Morgan fingerprint density at radius 3 is 2.32 bits per heavy atom. The van der Waals surface area contributed by atoms with Crippen molar-refractivity contribution >= 4 is 43.3 Å². The van der Waals surface area contributed by atoms with Crippen molar-refractivity contribution in [2.45, 2.75) is 31.3 Å². The lowest BCUT2D eigenvalue weighted by molar-refractivity contribution is 0.0635. The molecule has 0 unspecified atom stereocenters. The van der Waals surface area contributed by atoms with Gasteiger partial charge in [0.25, 0.3) is 0 Å². The molecule has 8 heteroatoms. The van der Waals surface area contributed by atoms with E-state index in [1.54, 1.807) is 20.8 Å². The summed E-state index contributed by atoms with van der Waals surface area (Å²) in [4.78, 5) is 23.3. The molecule has 0 spiro atoms. The Bertz CT molecular complexity index is 692. The molecule has 0 atom stereocenters. The van der Waals surface area contributed by atoms with Crippen molar-refractivity contribution in [2.24, 2.45) is 0 Å². The average Bonchev–Trinajstić information content (AvgIpc) is 2.34. The SMILES string of the molecule is CC(C)(C)OC(=O)Nc1ccc(C(=O)CBr)cc1S(C)(=O)=O. The maximum absolute atomic E-state index is 11.9. The zero-order valence-corrected chi connectivity index (χ0v) is 15.2. The highest BCUT2D eigenvalue weighted by Gasteiger charge is 2.21. The van der Waals surface area contributed by atoms with Gasteiger partial charge in [-0.05, 0) is 39.0 Å². The van der Waals surface area contributed by atoms with Crippen LogP contribution in [0.5, 0.6) is 0 Å². The third-order valence-electron chi connectivity index (χ3n) is 2.46. The lowest BCUT2D eigenvalue weighted by Crippen LogP contribution is -2.27. The topological polar surface area (TPSA) is 89.5 Å². The maximum atomic E-state index is 11.9. The summed E-state index contributed by atoms with van der Waals surface area (Å²) in [6.07, 6.45) is 0.238. The second-order valence-corrected chi connectivity index (χ2v) is 8.21. The van der Waals surface area contributed by atoms with Gasteiger partial charge in [0, 0.05) is 11.8 Å². The number of ether oxygens (including phenoxy) is 1. The smallest absolute Gasteiger partial charge is 0.412 e. The van der Waals surface area contributed by atoms with Gasteiger partial charge >= 0.3 is 6.09 Å². The summed E-state index contributed by atoms with van der Waals surface area (Å²) in [5.74, 6) is -0.256. The number of rotatable bonds is 4. The molecule has 0 saturated carbocycles. The van der Waals surface area contributed by atoms with Gasteiger partial charge in [-0.1, -0.05) is 15.9 Å². The van der Waals surface area contributed by atoms with Gasteiger partial charge in [0.05, 0.1) is 15.9 Å². The number of amides is 1. The van der Waals surface area contributed by atoms with Gasteiger partial charge in [-0.25, -0.2) is 13.2 Å². The number of nitrogens with one attached hydrogen (secondary N) is 1. The molecule has 1 aromatic rings. The predicted octanol–water partition coefficient (Wildman–Crippen LogP) is 3.01. The van der Waals surface area contributed by atoms with Crippen molar-refractivity contribution in [1.82, 2.24) is 0 Å². The van der Waals surface area contributed by atoms with Crippen molar-refractivity contribution < 1.29 is 22.7 Å². The minimum atomic E-state index is -3.62. The highest BCUT2D eigenvalue weighted by atomic mass is 79.9. The molecule has 1 N–H and O–H groups in total. The van der Waals surface area contributed by atoms with E-state index in [1.807, 2.05) is 0 Å². The number of carbonyl (C=O) groups is 2. The Kier molecular flexibility index (Phi) is 5.75. The van der Waals surface area contributed by atoms with Gasteiger partial charge in [-0.3, -0.25) is 10.1 Å². The third kappa shape index (κ3) is 5.42. The molecule has 0 saturated heterocycles. The second kappa shape index (κ2) is 6.78. The van der Waals surface area contributed by atoms with Gasteiger partial charge in [0.2, 0.25) is 0 Å². The van der Waals surface area contributed by atoms with Gasteiger partial charge in [0.15, 0.2) is 15.6 Å². The monoisotopic (exact) mass is 391 g/mol. The fourth-order valence-electron chi connectivity index (χ4n) is 1.60. The molecular weight excluding hydrogens is 374 g/mol. The van der Waals surface area contributed by atoms with E-state index >= 15 is 0 Å². The molecule has 122 valence electrons. The van der Waals surface area contributed by atoms with E-state index in [-0.39, 0.29) is 27.3 Å². The molecule has 0 aliphatic rings. The molecule has 0 heterocycles. The molecule has 1 aromatic carbocycles. The number of alkyl halides is 1. The van der Waals surface area contributed by atoms with Crippen LogP contribution in [0.1, 0.15) is 31.1 Å². The summed E-state index contributed by atoms with van der Waals surface area (Å²) < 4.78 is 28.8. The fraction of sp³-hybridized carbons (Fsp3) is 0.429. The van der Waals surface area contributed by atoms with Crippen LogP contribution in [-0.2, 0) is 14.6 Å². The Labute approximate surface area is 138 Å². The minimum Gasteiger partial charge on any atom is -0.444 e. The third-order valence-corrected chi connectivity index (χ3v) is 4.11. The Morgan fingerprint density at radius 2 is 1.86 bits per heavy atom.